The summed E-state index contributed by atoms with van der Waals surface area (Å²) in [6, 6.07) is 0.403. The number of alkyl halides is 1. The molecule has 1 aliphatic carbocycles. The van der Waals surface area contributed by atoms with Crippen LogP contribution < -0.4 is 20.8 Å². The van der Waals surface area contributed by atoms with Crippen molar-refractivity contribution >= 4 is 22.6 Å². The number of methoxy groups -OCH3 is 1. The third kappa shape index (κ3) is 3.35. The molecule has 31 heavy (non-hydrogen) atoms. The third-order valence-corrected chi connectivity index (χ3v) is 6.59. The van der Waals surface area contributed by atoms with Crippen LogP contribution in [0.5, 0.6) is 5.75 Å². The summed E-state index contributed by atoms with van der Waals surface area (Å²) in [7, 11) is 1.36. The SMILES string of the molecule is COc1c(N2CC(C(C)C)C(C)(N)C2)c(F)cc2c(=O)c(C(=O)O)cn(C3CC3F)c12. The molecule has 2 aromatic rings. The number of hydrogen-bond acceptors (Lipinski definition) is 5. The molecule has 7 nitrogen and oxygen atoms in total. The van der Waals surface area contributed by atoms with Gasteiger partial charge in [0, 0.05) is 31.2 Å². The van der Waals surface area contributed by atoms with Gasteiger partial charge in [-0.1, -0.05) is 13.8 Å². The number of carbonyl (C=O) groups is 1. The van der Waals surface area contributed by atoms with Crippen LogP contribution in [-0.4, -0.2) is 47.6 Å². The number of aromatic nitrogens is 1. The van der Waals surface area contributed by atoms with Crippen molar-refractivity contribution in [3.05, 3.63) is 33.9 Å². The number of halogens is 2. The number of anilines is 1. The molecular weight excluding hydrogens is 408 g/mol. The maximum absolute atomic E-state index is 15.4. The number of ether oxygens (including phenoxy) is 1. The molecule has 0 radical (unpaired) electrons. The molecule has 1 aromatic heterocycles. The van der Waals surface area contributed by atoms with Crippen molar-refractivity contribution in [1.82, 2.24) is 4.57 Å². The molecule has 0 spiro atoms. The normalized spacial score (nSPS) is 27.9. The summed E-state index contributed by atoms with van der Waals surface area (Å²) in [6.45, 7) is 6.92. The number of rotatable bonds is 5. The summed E-state index contributed by atoms with van der Waals surface area (Å²) >= 11 is 0. The van der Waals surface area contributed by atoms with Crippen molar-refractivity contribution in [1.29, 1.82) is 0 Å². The Balaban J connectivity index is 1.99. The zero-order chi connectivity index (χ0) is 22.8. The van der Waals surface area contributed by atoms with Crippen molar-refractivity contribution in [3.8, 4) is 5.75 Å². The van der Waals surface area contributed by atoms with Gasteiger partial charge in [-0.05, 0) is 24.8 Å². The molecule has 1 saturated carbocycles. The fraction of sp³-hybridized carbons (Fsp3) is 0.545. The topological polar surface area (TPSA) is 97.8 Å². The number of aromatic carboxylic acids is 1. The van der Waals surface area contributed by atoms with E-state index in [0.29, 0.717) is 13.1 Å². The first-order valence-electron chi connectivity index (χ1n) is 10.3. The monoisotopic (exact) mass is 435 g/mol. The summed E-state index contributed by atoms with van der Waals surface area (Å²) < 4.78 is 36.4. The molecular formula is C22H27F2N3O4. The Hall–Kier alpha value is -2.68. The van der Waals surface area contributed by atoms with Gasteiger partial charge in [0.15, 0.2) is 11.6 Å². The molecule has 168 valence electrons. The first-order chi connectivity index (χ1) is 14.5. The van der Waals surface area contributed by atoms with Crippen LogP contribution in [0.1, 0.15) is 43.6 Å². The lowest BCUT2D eigenvalue weighted by molar-refractivity contribution is 0.0694. The fourth-order valence-corrected chi connectivity index (χ4v) is 4.97. The van der Waals surface area contributed by atoms with Crippen LogP contribution >= 0.6 is 0 Å². The first-order valence-corrected chi connectivity index (χ1v) is 10.3. The lowest BCUT2D eigenvalue weighted by Crippen LogP contribution is -2.46. The quantitative estimate of drug-likeness (QED) is 0.750. The molecule has 1 aliphatic heterocycles. The Morgan fingerprint density at radius 2 is 2.06 bits per heavy atom. The van der Waals surface area contributed by atoms with E-state index >= 15 is 4.39 Å². The molecule has 2 fully saturated rings. The van der Waals surface area contributed by atoms with Crippen molar-refractivity contribution in [2.45, 2.75) is 44.9 Å². The Kier molecular flexibility index (Phi) is 4.99. The number of benzene rings is 1. The van der Waals surface area contributed by atoms with E-state index in [1.54, 1.807) is 4.90 Å². The van der Waals surface area contributed by atoms with E-state index in [4.69, 9.17) is 10.5 Å². The number of carboxylic acids is 1. The molecule has 0 bridgehead atoms. The number of fused-ring (bicyclic) bond motifs is 1. The van der Waals surface area contributed by atoms with Gasteiger partial charge in [-0.2, -0.15) is 0 Å². The van der Waals surface area contributed by atoms with Gasteiger partial charge in [0.25, 0.3) is 0 Å². The molecule has 4 atom stereocenters. The smallest absolute Gasteiger partial charge is 0.341 e. The second-order valence-corrected chi connectivity index (χ2v) is 9.28. The van der Waals surface area contributed by atoms with E-state index in [-0.39, 0.29) is 40.6 Å². The van der Waals surface area contributed by atoms with E-state index in [1.807, 2.05) is 6.92 Å². The molecule has 1 saturated heterocycles. The van der Waals surface area contributed by atoms with Gasteiger partial charge < -0.3 is 25.0 Å². The Bertz CT molecular complexity index is 1130. The van der Waals surface area contributed by atoms with Crippen molar-refractivity contribution < 1.29 is 23.4 Å². The summed E-state index contributed by atoms with van der Waals surface area (Å²) in [4.78, 5) is 26.2. The van der Waals surface area contributed by atoms with Gasteiger partial charge in [-0.15, -0.1) is 0 Å². The number of carboxylic acid groups (broad SMARTS) is 1. The second kappa shape index (κ2) is 7.19. The minimum absolute atomic E-state index is 0.0864. The summed E-state index contributed by atoms with van der Waals surface area (Å²) in [5.41, 5.74) is 4.95. The molecule has 2 aliphatic rings. The molecule has 1 aromatic carbocycles. The standard InChI is InChI=1S/C22H27F2N3O4/c1-10(2)13-8-26(9-22(13,3)25)18-15(24)5-11-17(20(18)31-4)27(16-6-14(16)23)7-12(19(11)28)21(29)30/h5,7,10,13-14,16H,6,8-9,25H2,1-4H3,(H,29,30). The molecule has 0 amide bonds. The van der Waals surface area contributed by atoms with Gasteiger partial charge in [0.05, 0.1) is 24.1 Å². The fourth-order valence-electron chi connectivity index (χ4n) is 4.97. The van der Waals surface area contributed by atoms with Gasteiger partial charge in [-0.25, -0.2) is 13.6 Å². The van der Waals surface area contributed by atoms with Gasteiger partial charge >= 0.3 is 5.97 Å². The van der Waals surface area contributed by atoms with Crippen LogP contribution in [0.4, 0.5) is 14.5 Å². The second-order valence-electron chi connectivity index (χ2n) is 9.28. The number of pyridine rings is 1. The molecule has 2 heterocycles. The highest BCUT2D eigenvalue weighted by atomic mass is 19.1. The van der Waals surface area contributed by atoms with E-state index in [0.717, 1.165) is 12.3 Å². The lowest BCUT2D eigenvalue weighted by Gasteiger charge is -2.28. The Morgan fingerprint density at radius 1 is 1.42 bits per heavy atom. The average molecular weight is 435 g/mol. The van der Waals surface area contributed by atoms with Crippen LogP contribution in [0.25, 0.3) is 10.9 Å². The third-order valence-electron chi connectivity index (χ3n) is 6.59. The van der Waals surface area contributed by atoms with E-state index in [1.165, 1.54) is 11.7 Å². The summed E-state index contributed by atoms with van der Waals surface area (Å²) in [5, 5.41) is 9.28. The lowest BCUT2D eigenvalue weighted by atomic mass is 9.82. The van der Waals surface area contributed by atoms with Crippen LogP contribution in [0, 0.1) is 17.7 Å². The minimum atomic E-state index is -1.45. The van der Waals surface area contributed by atoms with Gasteiger partial charge in [0.2, 0.25) is 5.43 Å². The zero-order valence-electron chi connectivity index (χ0n) is 18.0. The van der Waals surface area contributed by atoms with Crippen molar-refractivity contribution in [2.75, 3.05) is 25.1 Å². The molecule has 3 N–H and O–H groups in total. The summed E-state index contributed by atoms with van der Waals surface area (Å²) in [6.07, 6.45) is 0.150. The van der Waals surface area contributed by atoms with Crippen molar-refractivity contribution in [3.63, 3.8) is 0 Å². The number of hydrogen-bond donors (Lipinski definition) is 2. The van der Waals surface area contributed by atoms with E-state index < -0.39 is 40.5 Å². The Labute approximate surface area is 178 Å². The first kappa shape index (κ1) is 21.5. The van der Waals surface area contributed by atoms with Crippen LogP contribution in [-0.2, 0) is 0 Å². The number of nitrogens with two attached hydrogens (primary N) is 1. The maximum atomic E-state index is 15.4. The highest BCUT2D eigenvalue weighted by Crippen LogP contribution is 2.46. The number of nitrogens with zero attached hydrogens (tertiary/aromatic N) is 2. The highest BCUT2D eigenvalue weighted by molar-refractivity contribution is 5.97. The van der Waals surface area contributed by atoms with Crippen LogP contribution in [0.3, 0.4) is 0 Å². The van der Waals surface area contributed by atoms with E-state index in [2.05, 4.69) is 13.8 Å². The molecule has 9 heteroatoms. The van der Waals surface area contributed by atoms with Crippen LogP contribution in [0.15, 0.2) is 17.1 Å². The van der Waals surface area contributed by atoms with Crippen molar-refractivity contribution in [2.24, 2.45) is 17.6 Å². The largest absolute Gasteiger partial charge is 0.492 e. The Morgan fingerprint density at radius 3 is 2.55 bits per heavy atom. The van der Waals surface area contributed by atoms with Crippen LogP contribution in [0.2, 0.25) is 0 Å². The predicted octanol–water partition coefficient (Wildman–Crippen LogP) is 2.94. The molecule has 4 unspecified atom stereocenters. The average Bonchev–Trinajstić information content (AvgIpc) is 3.30. The highest BCUT2D eigenvalue weighted by Gasteiger charge is 2.44. The van der Waals surface area contributed by atoms with Gasteiger partial charge in [-0.3, -0.25) is 4.79 Å². The predicted molar refractivity (Wildman–Crippen MR) is 113 cm³/mol. The minimum Gasteiger partial charge on any atom is -0.492 e. The maximum Gasteiger partial charge on any atom is 0.341 e. The van der Waals surface area contributed by atoms with Gasteiger partial charge in [0.1, 0.15) is 17.4 Å². The van der Waals surface area contributed by atoms with E-state index in [9.17, 15) is 19.1 Å². The molecule has 4 rings (SSSR count). The summed E-state index contributed by atoms with van der Waals surface area (Å²) in [5.74, 6) is -1.70. The zero-order valence-corrected chi connectivity index (χ0v) is 18.0.